The summed E-state index contributed by atoms with van der Waals surface area (Å²) >= 11 is 0. The van der Waals surface area contributed by atoms with Gasteiger partial charge >= 0.3 is 0 Å². The third-order valence-corrected chi connectivity index (χ3v) is 4.29. The summed E-state index contributed by atoms with van der Waals surface area (Å²) in [6, 6.07) is 15.2. The molecule has 1 aliphatic rings. The molecule has 126 valence electrons. The van der Waals surface area contributed by atoms with Crippen molar-refractivity contribution in [2.24, 2.45) is 5.92 Å². The lowest BCUT2D eigenvalue weighted by Crippen LogP contribution is -2.42. The van der Waals surface area contributed by atoms with E-state index in [4.69, 9.17) is 4.74 Å². The summed E-state index contributed by atoms with van der Waals surface area (Å²) in [4.78, 5) is 16.6. The van der Waals surface area contributed by atoms with Gasteiger partial charge in [-0.2, -0.15) is 0 Å². The number of nitrogens with one attached hydrogen (secondary N) is 1. The number of aliphatic hydroxyl groups is 1. The lowest BCUT2D eigenvalue weighted by atomic mass is 9.76. The molecular formula is C19H22N2O3. The van der Waals surface area contributed by atoms with Crippen molar-refractivity contribution in [2.45, 2.75) is 31.6 Å². The lowest BCUT2D eigenvalue weighted by molar-refractivity contribution is -0.128. The Hall–Kier alpha value is -2.24. The zero-order valence-electron chi connectivity index (χ0n) is 13.5. The van der Waals surface area contributed by atoms with Crippen LogP contribution in [0.3, 0.4) is 0 Å². The zero-order chi connectivity index (χ0) is 16.8. The van der Waals surface area contributed by atoms with E-state index < -0.39 is 0 Å². The summed E-state index contributed by atoms with van der Waals surface area (Å²) in [7, 11) is 0. The fraction of sp³-hybridized carbons (Fsp3) is 0.368. The number of hydrogen-bond acceptors (Lipinski definition) is 4. The molecule has 2 aromatic rings. The van der Waals surface area contributed by atoms with Crippen molar-refractivity contribution in [1.82, 2.24) is 10.3 Å². The van der Waals surface area contributed by atoms with Gasteiger partial charge in [0.05, 0.1) is 24.4 Å². The molecule has 1 fully saturated rings. The Balaban J connectivity index is 1.53. The van der Waals surface area contributed by atoms with E-state index in [-0.39, 0.29) is 30.6 Å². The monoisotopic (exact) mass is 326 g/mol. The molecule has 1 saturated carbocycles. The molecule has 24 heavy (non-hydrogen) atoms. The van der Waals surface area contributed by atoms with Crippen LogP contribution in [0.2, 0.25) is 0 Å². The molecule has 0 bridgehead atoms. The Bertz CT molecular complexity index is 642. The van der Waals surface area contributed by atoms with Crippen molar-refractivity contribution in [3.05, 3.63) is 66.0 Å². The Morgan fingerprint density at radius 3 is 2.62 bits per heavy atom. The summed E-state index contributed by atoms with van der Waals surface area (Å²) in [5.41, 5.74) is 1.86. The molecule has 1 heterocycles. The minimum absolute atomic E-state index is 0.00744. The van der Waals surface area contributed by atoms with E-state index in [0.29, 0.717) is 19.4 Å². The minimum Gasteiger partial charge on any atom is -0.393 e. The number of aliphatic hydroxyl groups excluding tert-OH is 1. The highest BCUT2D eigenvalue weighted by Gasteiger charge is 2.36. The quantitative estimate of drug-likeness (QED) is 0.818. The first-order valence-corrected chi connectivity index (χ1v) is 8.22. The van der Waals surface area contributed by atoms with Crippen molar-refractivity contribution < 1.29 is 14.6 Å². The molecule has 2 N–H and O–H groups in total. The van der Waals surface area contributed by atoms with E-state index in [1.165, 1.54) is 0 Å². The number of carbonyl (C=O) groups excluding carboxylic acids is 1. The van der Waals surface area contributed by atoms with E-state index in [1.54, 1.807) is 6.20 Å². The molecule has 0 unspecified atom stereocenters. The van der Waals surface area contributed by atoms with Gasteiger partial charge in [0.25, 0.3) is 0 Å². The molecule has 5 heteroatoms. The van der Waals surface area contributed by atoms with Gasteiger partial charge in [-0.15, -0.1) is 0 Å². The highest BCUT2D eigenvalue weighted by molar-refractivity contribution is 5.77. The first-order valence-electron chi connectivity index (χ1n) is 8.22. The van der Waals surface area contributed by atoms with Crippen LogP contribution in [-0.2, 0) is 16.1 Å². The molecule has 5 nitrogen and oxygen atoms in total. The minimum atomic E-state index is -0.271. The second-order valence-corrected chi connectivity index (χ2v) is 6.16. The van der Waals surface area contributed by atoms with Crippen LogP contribution < -0.4 is 5.32 Å². The van der Waals surface area contributed by atoms with Crippen LogP contribution in [0.5, 0.6) is 0 Å². The van der Waals surface area contributed by atoms with Crippen molar-refractivity contribution in [1.29, 1.82) is 0 Å². The van der Waals surface area contributed by atoms with Gasteiger partial charge in [0.1, 0.15) is 6.61 Å². The number of hydrogen-bond donors (Lipinski definition) is 2. The Morgan fingerprint density at radius 2 is 1.96 bits per heavy atom. The predicted octanol–water partition coefficient (Wildman–Crippen LogP) is 2.23. The number of aromatic nitrogens is 1. The number of amides is 1. The zero-order valence-corrected chi connectivity index (χ0v) is 13.5. The molecule has 1 aromatic heterocycles. The van der Waals surface area contributed by atoms with Gasteiger partial charge in [0, 0.05) is 6.20 Å². The van der Waals surface area contributed by atoms with Crippen LogP contribution >= 0.6 is 0 Å². The standard InChI is InChI=1S/C19H22N2O3/c22-16-10-15(11-16)19(17-8-4-5-9-20-17)21-18(23)13-24-12-14-6-2-1-3-7-14/h1-9,15-16,19,22H,10-13H2,(H,21,23)/t15?,16?,19-/m0/s1. The maximum Gasteiger partial charge on any atom is 0.246 e. The SMILES string of the molecule is O=C(COCc1ccccc1)N[C@H](c1ccccn1)C1CC(O)C1. The molecule has 1 aliphatic carbocycles. The Kier molecular flexibility index (Phi) is 5.56. The van der Waals surface area contributed by atoms with Crippen molar-refractivity contribution in [3.63, 3.8) is 0 Å². The second-order valence-electron chi connectivity index (χ2n) is 6.16. The van der Waals surface area contributed by atoms with Gasteiger partial charge < -0.3 is 15.2 Å². The maximum atomic E-state index is 12.2. The summed E-state index contributed by atoms with van der Waals surface area (Å²) in [6.07, 6.45) is 2.82. The van der Waals surface area contributed by atoms with E-state index in [2.05, 4.69) is 10.3 Å². The fourth-order valence-electron chi connectivity index (χ4n) is 2.95. The number of nitrogens with zero attached hydrogens (tertiary/aromatic N) is 1. The van der Waals surface area contributed by atoms with Gasteiger partial charge in [-0.25, -0.2) is 0 Å². The van der Waals surface area contributed by atoms with Crippen LogP contribution in [0.15, 0.2) is 54.7 Å². The average molecular weight is 326 g/mol. The molecule has 1 atom stereocenters. The van der Waals surface area contributed by atoms with Gasteiger partial charge in [-0.05, 0) is 36.5 Å². The molecule has 0 spiro atoms. The van der Waals surface area contributed by atoms with Gasteiger partial charge in [-0.1, -0.05) is 36.4 Å². The Morgan fingerprint density at radius 1 is 1.21 bits per heavy atom. The highest BCUT2D eigenvalue weighted by atomic mass is 16.5. The molecule has 1 aromatic carbocycles. The van der Waals surface area contributed by atoms with E-state index >= 15 is 0 Å². The van der Waals surface area contributed by atoms with Crippen LogP contribution in [0.25, 0.3) is 0 Å². The fourth-order valence-corrected chi connectivity index (χ4v) is 2.95. The number of carbonyl (C=O) groups is 1. The summed E-state index contributed by atoms with van der Waals surface area (Å²) < 4.78 is 5.49. The highest BCUT2D eigenvalue weighted by Crippen LogP contribution is 2.37. The van der Waals surface area contributed by atoms with Crippen molar-refractivity contribution in [3.8, 4) is 0 Å². The van der Waals surface area contributed by atoms with Gasteiger partial charge in [0.15, 0.2) is 0 Å². The topological polar surface area (TPSA) is 71.5 Å². The maximum absolute atomic E-state index is 12.2. The largest absolute Gasteiger partial charge is 0.393 e. The van der Waals surface area contributed by atoms with E-state index in [0.717, 1.165) is 11.3 Å². The number of benzene rings is 1. The summed E-state index contributed by atoms with van der Waals surface area (Å²) in [5, 5.41) is 12.6. The lowest BCUT2D eigenvalue weighted by Gasteiger charge is -2.37. The molecule has 3 rings (SSSR count). The predicted molar refractivity (Wildman–Crippen MR) is 89.9 cm³/mol. The van der Waals surface area contributed by atoms with Crippen LogP contribution in [0.4, 0.5) is 0 Å². The summed E-state index contributed by atoms with van der Waals surface area (Å²) in [5.74, 6) is 0.0518. The average Bonchev–Trinajstić information content (AvgIpc) is 2.59. The van der Waals surface area contributed by atoms with Crippen LogP contribution in [-0.4, -0.2) is 28.7 Å². The summed E-state index contributed by atoms with van der Waals surface area (Å²) in [6.45, 7) is 0.415. The first-order chi connectivity index (χ1) is 11.7. The normalized spacial score (nSPS) is 20.9. The second kappa shape index (κ2) is 8.04. The van der Waals surface area contributed by atoms with E-state index in [9.17, 15) is 9.90 Å². The molecule has 0 aliphatic heterocycles. The third-order valence-electron chi connectivity index (χ3n) is 4.29. The molecule has 0 saturated heterocycles. The van der Waals surface area contributed by atoms with Crippen molar-refractivity contribution >= 4 is 5.91 Å². The third kappa shape index (κ3) is 4.40. The Labute approximate surface area is 141 Å². The number of rotatable bonds is 7. The number of ether oxygens (including phenoxy) is 1. The smallest absolute Gasteiger partial charge is 0.246 e. The number of pyridine rings is 1. The molecule has 0 radical (unpaired) electrons. The first kappa shape index (κ1) is 16.6. The molecular weight excluding hydrogens is 304 g/mol. The van der Waals surface area contributed by atoms with Gasteiger partial charge in [-0.3, -0.25) is 9.78 Å². The van der Waals surface area contributed by atoms with Crippen molar-refractivity contribution in [2.75, 3.05) is 6.61 Å². The van der Waals surface area contributed by atoms with E-state index in [1.807, 2.05) is 48.5 Å². The van der Waals surface area contributed by atoms with Crippen LogP contribution in [0.1, 0.15) is 30.1 Å². The van der Waals surface area contributed by atoms with Crippen LogP contribution in [0, 0.1) is 5.92 Å². The molecule has 1 amide bonds. The van der Waals surface area contributed by atoms with Gasteiger partial charge in [0.2, 0.25) is 5.91 Å².